The topological polar surface area (TPSA) is 101 Å². The maximum Gasteiger partial charge on any atom is 0.326 e. The first-order chi connectivity index (χ1) is 10.9. The third kappa shape index (κ3) is 4.38. The lowest BCUT2D eigenvalue weighted by atomic mass is 10.0. The fourth-order valence-electron chi connectivity index (χ4n) is 2.23. The van der Waals surface area contributed by atoms with E-state index >= 15 is 0 Å². The van der Waals surface area contributed by atoms with Crippen LogP contribution in [0.1, 0.15) is 26.7 Å². The van der Waals surface area contributed by atoms with Gasteiger partial charge in [-0.15, -0.1) is 11.3 Å². The van der Waals surface area contributed by atoms with Crippen LogP contribution in [-0.2, 0) is 16.1 Å². The molecule has 23 heavy (non-hydrogen) atoms. The molecule has 1 atom stereocenters. The number of amides is 1. The van der Waals surface area contributed by atoms with Crippen molar-refractivity contribution >= 4 is 33.4 Å². The van der Waals surface area contributed by atoms with Crippen molar-refractivity contribution in [2.24, 2.45) is 5.92 Å². The van der Waals surface area contributed by atoms with Gasteiger partial charge in [0, 0.05) is 13.0 Å². The molecule has 7 nitrogen and oxygen atoms in total. The number of rotatable bonds is 7. The minimum atomic E-state index is -1.05. The summed E-state index contributed by atoms with van der Waals surface area (Å²) >= 11 is 1.38. The summed E-state index contributed by atoms with van der Waals surface area (Å²) in [7, 11) is 0. The number of hydrogen-bond donors (Lipinski definition) is 2. The number of hydrogen-bond acceptors (Lipinski definition) is 5. The molecule has 1 amide bonds. The van der Waals surface area contributed by atoms with Gasteiger partial charge in [0.2, 0.25) is 5.91 Å². The molecular formula is C15H19N3O4S. The van der Waals surface area contributed by atoms with Gasteiger partial charge in [-0.05, 0) is 23.8 Å². The van der Waals surface area contributed by atoms with Crippen molar-refractivity contribution in [2.45, 2.75) is 39.3 Å². The molecule has 0 aliphatic heterocycles. The van der Waals surface area contributed by atoms with Crippen LogP contribution in [0.3, 0.4) is 0 Å². The van der Waals surface area contributed by atoms with E-state index in [1.165, 1.54) is 22.2 Å². The Hall–Kier alpha value is -2.22. The number of aryl methyl sites for hydroxylation is 1. The highest BCUT2D eigenvalue weighted by atomic mass is 32.1. The first-order valence-electron chi connectivity index (χ1n) is 7.33. The molecule has 8 heteroatoms. The van der Waals surface area contributed by atoms with Crippen LogP contribution in [0.15, 0.2) is 22.6 Å². The summed E-state index contributed by atoms with van der Waals surface area (Å²) in [5.41, 5.74) is -0.194. The van der Waals surface area contributed by atoms with Crippen LogP contribution in [0, 0.1) is 5.92 Å². The van der Waals surface area contributed by atoms with Crippen LogP contribution in [0.25, 0.3) is 10.2 Å². The van der Waals surface area contributed by atoms with Gasteiger partial charge in [0.25, 0.3) is 5.56 Å². The first kappa shape index (κ1) is 17.1. The molecule has 0 radical (unpaired) electrons. The lowest BCUT2D eigenvalue weighted by Crippen LogP contribution is -2.42. The molecule has 2 aromatic rings. The van der Waals surface area contributed by atoms with Crippen molar-refractivity contribution in [3.05, 3.63) is 28.1 Å². The van der Waals surface area contributed by atoms with Crippen molar-refractivity contribution in [1.82, 2.24) is 14.9 Å². The normalized spacial score (nSPS) is 12.5. The molecule has 2 heterocycles. The molecule has 0 saturated heterocycles. The number of fused-ring (bicyclic) bond motifs is 1. The van der Waals surface area contributed by atoms with Gasteiger partial charge in [0.1, 0.15) is 10.9 Å². The molecule has 0 saturated carbocycles. The predicted molar refractivity (Wildman–Crippen MR) is 87.5 cm³/mol. The number of carboxylic acids is 1. The first-order valence-corrected chi connectivity index (χ1v) is 8.21. The van der Waals surface area contributed by atoms with E-state index in [1.807, 2.05) is 13.8 Å². The molecule has 0 spiro atoms. The fraction of sp³-hybridized carbons (Fsp3) is 0.467. The van der Waals surface area contributed by atoms with Gasteiger partial charge in [-0.2, -0.15) is 0 Å². The molecule has 0 bridgehead atoms. The number of carboxylic acid groups (broad SMARTS) is 1. The molecule has 124 valence electrons. The van der Waals surface area contributed by atoms with E-state index in [1.54, 1.807) is 11.4 Å². The molecule has 2 N–H and O–H groups in total. The Balaban J connectivity index is 1.98. The predicted octanol–water partition coefficient (Wildman–Crippen LogP) is 1.46. The molecule has 0 aromatic carbocycles. The van der Waals surface area contributed by atoms with Crippen LogP contribution in [0.2, 0.25) is 0 Å². The maximum absolute atomic E-state index is 12.2. The van der Waals surface area contributed by atoms with Crippen LogP contribution < -0.4 is 10.9 Å². The minimum Gasteiger partial charge on any atom is -0.480 e. The van der Waals surface area contributed by atoms with E-state index in [4.69, 9.17) is 5.11 Å². The summed E-state index contributed by atoms with van der Waals surface area (Å²) in [6.07, 6.45) is 1.81. The van der Waals surface area contributed by atoms with Crippen LogP contribution in [0.4, 0.5) is 0 Å². The number of carbonyl (C=O) groups excluding carboxylic acids is 1. The van der Waals surface area contributed by atoms with Crippen LogP contribution in [-0.4, -0.2) is 32.6 Å². The zero-order valence-electron chi connectivity index (χ0n) is 13.0. The molecule has 0 aliphatic carbocycles. The van der Waals surface area contributed by atoms with Gasteiger partial charge in [-0.1, -0.05) is 13.8 Å². The van der Waals surface area contributed by atoms with Gasteiger partial charge < -0.3 is 10.4 Å². The lowest BCUT2D eigenvalue weighted by Gasteiger charge is -2.16. The largest absolute Gasteiger partial charge is 0.480 e. The lowest BCUT2D eigenvalue weighted by molar-refractivity contribution is -0.142. The molecular weight excluding hydrogens is 318 g/mol. The third-order valence-electron chi connectivity index (χ3n) is 3.37. The highest BCUT2D eigenvalue weighted by Crippen LogP contribution is 2.13. The summed E-state index contributed by atoms with van der Waals surface area (Å²) < 4.78 is 1.37. The van der Waals surface area contributed by atoms with E-state index in [0.29, 0.717) is 16.6 Å². The van der Waals surface area contributed by atoms with E-state index in [0.717, 1.165) is 0 Å². The second kappa shape index (κ2) is 7.36. The Kier molecular flexibility index (Phi) is 5.49. The number of nitrogens with one attached hydrogen (secondary N) is 1. The summed E-state index contributed by atoms with van der Waals surface area (Å²) in [5.74, 6) is -1.29. The second-order valence-electron chi connectivity index (χ2n) is 5.72. The Bertz CT molecular complexity index is 765. The van der Waals surface area contributed by atoms with Crippen LogP contribution in [0.5, 0.6) is 0 Å². The zero-order chi connectivity index (χ0) is 17.0. The van der Waals surface area contributed by atoms with Crippen molar-refractivity contribution in [3.63, 3.8) is 0 Å². The Labute approximate surface area is 137 Å². The van der Waals surface area contributed by atoms with Gasteiger partial charge in [-0.25, -0.2) is 9.78 Å². The van der Waals surface area contributed by atoms with E-state index in [2.05, 4.69) is 10.3 Å². The number of carbonyl (C=O) groups is 2. The maximum atomic E-state index is 12.2. The highest BCUT2D eigenvalue weighted by molar-refractivity contribution is 7.16. The third-order valence-corrected chi connectivity index (χ3v) is 4.19. The Morgan fingerprint density at radius 3 is 2.83 bits per heavy atom. The van der Waals surface area contributed by atoms with Crippen molar-refractivity contribution in [1.29, 1.82) is 0 Å². The Morgan fingerprint density at radius 2 is 2.17 bits per heavy atom. The van der Waals surface area contributed by atoms with Crippen molar-refractivity contribution in [3.8, 4) is 0 Å². The molecule has 0 unspecified atom stereocenters. The van der Waals surface area contributed by atoms with Crippen molar-refractivity contribution < 1.29 is 14.7 Å². The highest BCUT2D eigenvalue weighted by Gasteiger charge is 2.20. The molecule has 0 aliphatic rings. The summed E-state index contributed by atoms with van der Waals surface area (Å²) in [5, 5.41) is 13.9. The number of aliphatic carboxylic acids is 1. The van der Waals surface area contributed by atoms with Gasteiger partial charge >= 0.3 is 5.97 Å². The number of nitrogens with zero attached hydrogens (tertiary/aromatic N) is 2. The van der Waals surface area contributed by atoms with Crippen molar-refractivity contribution in [2.75, 3.05) is 0 Å². The smallest absolute Gasteiger partial charge is 0.326 e. The summed E-state index contributed by atoms with van der Waals surface area (Å²) in [4.78, 5) is 40.1. The van der Waals surface area contributed by atoms with Gasteiger partial charge in [-0.3, -0.25) is 14.2 Å². The number of thiophene rings is 1. The summed E-state index contributed by atoms with van der Waals surface area (Å²) in [6.45, 7) is 3.95. The quantitative estimate of drug-likeness (QED) is 0.796. The second-order valence-corrected chi connectivity index (χ2v) is 6.61. The van der Waals surface area contributed by atoms with E-state index < -0.39 is 17.9 Å². The Morgan fingerprint density at radius 1 is 1.43 bits per heavy atom. The standard InChI is InChI=1S/C15H19N3O4S/c1-9(2)7-11(15(21)22)17-12(19)3-5-18-8-16-13-10(14(18)20)4-6-23-13/h4,6,8-9,11H,3,5,7H2,1-2H3,(H,17,19)(H,21,22)/t11-/m1/s1. The van der Waals surface area contributed by atoms with Crippen LogP contribution >= 0.6 is 11.3 Å². The minimum absolute atomic E-state index is 0.0269. The molecule has 2 aromatic heterocycles. The van der Waals surface area contributed by atoms with E-state index in [-0.39, 0.29) is 24.4 Å². The SMILES string of the molecule is CC(C)C[C@@H](NC(=O)CCn1cnc2sccc2c1=O)C(=O)O. The van der Waals surface area contributed by atoms with Gasteiger partial charge in [0.05, 0.1) is 11.7 Å². The zero-order valence-corrected chi connectivity index (χ0v) is 13.8. The fourth-order valence-corrected chi connectivity index (χ4v) is 2.96. The van der Waals surface area contributed by atoms with Gasteiger partial charge in [0.15, 0.2) is 0 Å². The average molecular weight is 337 g/mol. The average Bonchev–Trinajstić information content (AvgIpc) is 2.94. The molecule has 2 rings (SSSR count). The summed E-state index contributed by atoms with van der Waals surface area (Å²) in [6, 6.07) is 0.798. The number of aromatic nitrogens is 2. The molecule has 0 fully saturated rings. The van der Waals surface area contributed by atoms with E-state index in [9.17, 15) is 14.4 Å². The monoisotopic (exact) mass is 337 g/mol.